The van der Waals surface area contributed by atoms with Gasteiger partial charge in [0.2, 0.25) is 5.76 Å². The van der Waals surface area contributed by atoms with Crippen LogP contribution >= 0.6 is 0 Å². The Morgan fingerprint density at radius 1 is 1.47 bits per heavy atom. The predicted molar refractivity (Wildman–Crippen MR) is 74.6 cm³/mol. The lowest BCUT2D eigenvalue weighted by atomic mass is 10.2. The molecule has 1 N–H and O–H groups in total. The Bertz CT molecular complexity index is 444. The lowest BCUT2D eigenvalue weighted by Gasteiger charge is -2.13. The Labute approximate surface area is 116 Å². The number of methoxy groups -OCH3 is 1. The van der Waals surface area contributed by atoms with Crippen LogP contribution in [0.3, 0.4) is 0 Å². The summed E-state index contributed by atoms with van der Waals surface area (Å²) in [6, 6.07) is 3.35. The van der Waals surface area contributed by atoms with Crippen molar-refractivity contribution in [3.8, 4) is 0 Å². The Hall–Kier alpha value is -1.14. The predicted octanol–water partition coefficient (Wildman–Crippen LogP) is 1.87. The van der Waals surface area contributed by atoms with Gasteiger partial charge in [0, 0.05) is 22.3 Å². The number of carbonyl (C=O) groups is 1. The largest absolute Gasteiger partial charge is 0.463 e. The first-order chi connectivity index (χ1) is 8.95. The van der Waals surface area contributed by atoms with Gasteiger partial charge in [-0.3, -0.25) is 4.21 Å². The van der Waals surface area contributed by atoms with Gasteiger partial charge in [-0.1, -0.05) is 6.92 Å². The number of furan rings is 1. The Morgan fingerprint density at radius 3 is 2.74 bits per heavy atom. The van der Waals surface area contributed by atoms with E-state index in [9.17, 15) is 9.00 Å². The first-order valence-electron chi connectivity index (χ1n) is 6.19. The summed E-state index contributed by atoms with van der Waals surface area (Å²) >= 11 is 0. The standard InChI is InChI=1S/C13H21NO4S/c1-9(19(4)16)7-8-14-10(2)11-5-6-12(18-11)13(15)17-3/h5-6,9-10,14H,7-8H2,1-4H3. The van der Waals surface area contributed by atoms with Gasteiger partial charge in [0.05, 0.1) is 13.2 Å². The Balaban J connectivity index is 2.45. The van der Waals surface area contributed by atoms with Crippen LogP contribution < -0.4 is 5.32 Å². The SMILES string of the molecule is COC(=O)c1ccc(C(C)NCCC(C)S(C)=O)o1. The van der Waals surface area contributed by atoms with Crippen LogP contribution in [0.25, 0.3) is 0 Å². The number of hydrogen-bond donors (Lipinski definition) is 1. The molecule has 0 aliphatic carbocycles. The summed E-state index contributed by atoms with van der Waals surface area (Å²) in [5, 5.41) is 3.44. The number of nitrogens with one attached hydrogen (secondary N) is 1. The van der Waals surface area contributed by atoms with Gasteiger partial charge in [-0.25, -0.2) is 4.79 Å². The fraction of sp³-hybridized carbons (Fsp3) is 0.615. The summed E-state index contributed by atoms with van der Waals surface area (Å²) < 4.78 is 21.2. The summed E-state index contributed by atoms with van der Waals surface area (Å²) in [5.74, 6) is 0.410. The second-order valence-electron chi connectivity index (χ2n) is 4.47. The van der Waals surface area contributed by atoms with Crippen molar-refractivity contribution >= 4 is 16.8 Å². The van der Waals surface area contributed by atoms with Crippen LogP contribution in [0.2, 0.25) is 0 Å². The number of carbonyl (C=O) groups excluding carboxylic acids is 1. The maximum absolute atomic E-state index is 11.3. The molecule has 0 radical (unpaired) electrons. The fourth-order valence-corrected chi connectivity index (χ4v) is 2.02. The van der Waals surface area contributed by atoms with Crippen molar-refractivity contribution in [3.63, 3.8) is 0 Å². The molecule has 3 atom stereocenters. The zero-order chi connectivity index (χ0) is 14.4. The van der Waals surface area contributed by atoms with E-state index in [-0.39, 0.29) is 17.1 Å². The van der Waals surface area contributed by atoms with Gasteiger partial charge in [0.25, 0.3) is 0 Å². The second-order valence-corrected chi connectivity index (χ2v) is 6.27. The van der Waals surface area contributed by atoms with Crippen molar-refractivity contribution < 1.29 is 18.2 Å². The van der Waals surface area contributed by atoms with Crippen LogP contribution in [-0.2, 0) is 15.5 Å². The topological polar surface area (TPSA) is 68.5 Å². The molecule has 1 aromatic heterocycles. The molecule has 0 aliphatic heterocycles. The van der Waals surface area contributed by atoms with E-state index in [0.29, 0.717) is 5.76 Å². The van der Waals surface area contributed by atoms with E-state index in [2.05, 4.69) is 10.1 Å². The molecule has 6 heteroatoms. The molecular formula is C13H21NO4S. The average Bonchev–Trinajstić information content (AvgIpc) is 2.86. The monoisotopic (exact) mass is 287 g/mol. The van der Waals surface area contributed by atoms with E-state index in [4.69, 9.17) is 4.42 Å². The highest BCUT2D eigenvalue weighted by molar-refractivity contribution is 7.84. The third kappa shape index (κ3) is 4.80. The maximum Gasteiger partial charge on any atom is 0.373 e. The number of esters is 1. The van der Waals surface area contributed by atoms with Crippen molar-refractivity contribution in [2.75, 3.05) is 19.9 Å². The summed E-state index contributed by atoms with van der Waals surface area (Å²) in [6.07, 6.45) is 2.54. The summed E-state index contributed by atoms with van der Waals surface area (Å²) in [7, 11) is 0.520. The molecule has 5 nitrogen and oxygen atoms in total. The van der Waals surface area contributed by atoms with E-state index < -0.39 is 16.8 Å². The van der Waals surface area contributed by atoms with Crippen LogP contribution in [0.5, 0.6) is 0 Å². The van der Waals surface area contributed by atoms with Gasteiger partial charge in [-0.2, -0.15) is 0 Å². The van der Waals surface area contributed by atoms with Crippen LogP contribution in [-0.4, -0.2) is 35.3 Å². The van der Waals surface area contributed by atoms with Crippen molar-refractivity contribution in [1.82, 2.24) is 5.32 Å². The molecule has 3 unspecified atom stereocenters. The highest BCUT2D eigenvalue weighted by Gasteiger charge is 2.15. The zero-order valence-electron chi connectivity index (χ0n) is 11.8. The molecule has 0 amide bonds. The van der Waals surface area contributed by atoms with Gasteiger partial charge in [-0.05, 0) is 32.0 Å². The molecule has 0 spiro atoms. The molecule has 0 fully saturated rings. The smallest absolute Gasteiger partial charge is 0.373 e. The number of hydrogen-bond acceptors (Lipinski definition) is 5. The van der Waals surface area contributed by atoms with E-state index in [0.717, 1.165) is 13.0 Å². The molecule has 108 valence electrons. The minimum absolute atomic E-state index is 0.00380. The maximum atomic E-state index is 11.3. The third-order valence-corrected chi connectivity index (χ3v) is 4.38. The highest BCUT2D eigenvalue weighted by atomic mass is 32.2. The molecule has 0 aliphatic rings. The van der Waals surface area contributed by atoms with E-state index >= 15 is 0 Å². The lowest BCUT2D eigenvalue weighted by molar-refractivity contribution is 0.0562. The molecule has 0 saturated carbocycles. The third-order valence-electron chi connectivity index (χ3n) is 3.01. The van der Waals surface area contributed by atoms with Crippen molar-refractivity contribution in [2.45, 2.75) is 31.6 Å². The minimum Gasteiger partial charge on any atom is -0.463 e. The molecular weight excluding hydrogens is 266 g/mol. The summed E-state index contributed by atoms with van der Waals surface area (Å²) in [4.78, 5) is 11.3. The molecule has 0 bridgehead atoms. The first-order valence-corrected chi connectivity index (χ1v) is 7.81. The Morgan fingerprint density at radius 2 is 2.16 bits per heavy atom. The number of ether oxygens (including phenoxy) is 1. The van der Waals surface area contributed by atoms with Gasteiger partial charge >= 0.3 is 5.97 Å². The summed E-state index contributed by atoms with van der Waals surface area (Å²) in [5.41, 5.74) is 0. The van der Waals surface area contributed by atoms with Crippen LogP contribution in [0.15, 0.2) is 16.5 Å². The fourth-order valence-electron chi connectivity index (χ4n) is 1.57. The zero-order valence-corrected chi connectivity index (χ0v) is 12.6. The van der Waals surface area contributed by atoms with E-state index in [1.165, 1.54) is 7.11 Å². The molecule has 0 aromatic carbocycles. The van der Waals surface area contributed by atoms with Crippen LogP contribution in [0.4, 0.5) is 0 Å². The second kappa shape index (κ2) is 7.45. The first kappa shape index (κ1) is 15.9. The van der Waals surface area contributed by atoms with E-state index in [1.54, 1.807) is 18.4 Å². The average molecular weight is 287 g/mol. The summed E-state index contributed by atoms with van der Waals surface area (Å²) in [6.45, 7) is 4.66. The molecule has 1 aromatic rings. The Kier molecular flexibility index (Phi) is 6.24. The van der Waals surface area contributed by atoms with Gasteiger partial charge in [-0.15, -0.1) is 0 Å². The molecule has 1 heterocycles. The van der Waals surface area contributed by atoms with Crippen molar-refractivity contribution in [2.24, 2.45) is 0 Å². The highest BCUT2D eigenvalue weighted by Crippen LogP contribution is 2.17. The van der Waals surface area contributed by atoms with Gasteiger partial charge < -0.3 is 14.5 Å². The van der Waals surface area contributed by atoms with Gasteiger partial charge in [0.15, 0.2) is 0 Å². The molecule has 1 rings (SSSR count). The van der Waals surface area contributed by atoms with Gasteiger partial charge in [0.1, 0.15) is 5.76 Å². The van der Waals surface area contributed by atoms with Crippen LogP contribution in [0, 0.1) is 0 Å². The quantitative estimate of drug-likeness (QED) is 0.775. The minimum atomic E-state index is -0.797. The van der Waals surface area contributed by atoms with Crippen molar-refractivity contribution in [1.29, 1.82) is 0 Å². The lowest BCUT2D eigenvalue weighted by Crippen LogP contribution is -2.23. The van der Waals surface area contributed by atoms with Crippen molar-refractivity contribution in [3.05, 3.63) is 23.7 Å². The van der Waals surface area contributed by atoms with Crippen LogP contribution in [0.1, 0.15) is 42.6 Å². The normalized spacial score (nSPS) is 15.8. The number of rotatable bonds is 7. The molecule has 0 saturated heterocycles. The van der Waals surface area contributed by atoms with E-state index in [1.807, 2.05) is 13.8 Å². The molecule has 19 heavy (non-hydrogen) atoms.